The van der Waals surface area contributed by atoms with Crippen molar-refractivity contribution in [2.24, 2.45) is 11.8 Å². The Bertz CT molecular complexity index is 1330. The second kappa shape index (κ2) is 12.4. The summed E-state index contributed by atoms with van der Waals surface area (Å²) in [5, 5.41) is 10.6. The Balaban J connectivity index is 1.77. The predicted molar refractivity (Wildman–Crippen MR) is 139 cm³/mol. The van der Waals surface area contributed by atoms with Gasteiger partial charge in [-0.3, -0.25) is 28.8 Å². The largest absolute Gasteiger partial charge is 0.463 e. The van der Waals surface area contributed by atoms with Crippen LogP contribution in [0.5, 0.6) is 5.75 Å². The Kier molecular flexibility index (Phi) is 9.12. The highest BCUT2D eigenvalue weighted by molar-refractivity contribution is 6.17. The second-order valence-corrected chi connectivity index (χ2v) is 10.4. The Labute approximate surface area is 241 Å². The molecule has 13 nitrogen and oxygen atoms in total. The number of ketones is 2. The van der Waals surface area contributed by atoms with Crippen molar-refractivity contribution < 1.29 is 62.3 Å². The van der Waals surface area contributed by atoms with Crippen LogP contribution in [0.3, 0.4) is 0 Å². The summed E-state index contributed by atoms with van der Waals surface area (Å²) in [6, 6.07) is 4.34. The van der Waals surface area contributed by atoms with Gasteiger partial charge in [0.05, 0.1) is 17.6 Å². The Morgan fingerprint density at radius 3 is 2.12 bits per heavy atom. The molecule has 2 aliphatic carbocycles. The lowest BCUT2D eigenvalue weighted by molar-refractivity contribution is -0.288. The highest BCUT2D eigenvalue weighted by atomic mass is 16.7. The molecule has 4 rings (SSSR count). The minimum absolute atomic E-state index is 0.0383. The van der Waals surface area contributed by atoms with E-state index in [1.807, 2.05) is 0 Å². The molecule has 0 bridgehead atoms. The SMILES string of the molecule is CC(=O)OC[C@@H]1O[C@H](Oc2cccc3c2C(=O)[C@@H]2CC(C)=C[C@H](O)[C@H]2C3=O)[C@@H](OC(C)=O)[C@H](OC(C)=O)[C@H]1OC(C)=O. The topological polar surface area (TPSA) is 178 Å². The fraction of sp³-hybridized carbons (Fsp3) is 0.517. The molecule has 1 aliphatic heterocycles. The van der Waals surface area contributed by atoms with E-state index in [0.717, 1.165) is 33.3 Å². The third kappa shape index (κ3) is 6.36. The first-order chi connectivity index (χ1) is 19.8. The van der Waals surface area contributed by atoms with E-state index in [-0.39, 0.29) is 23.3 Å². The number of hydrogen-bond acceptors (Lipinski definition) is 13. The molecule has 0 saturated carbocycles. The zero-order chi connectivity index (χ0) is 30.9. The predicted octanol–water partition coefficient (Wildman–Crippen LogP) is 1.47. The number of esters is 4. The number of fused-ring (bicyclic) bond motifs is 2. The zero-order valence-corrected chi connectivity index (χ0v) is 23.7. The van der Waals surface area contributed by atoms with Crippen LogP contribution < -0.4 is 4.74 Å². The van der Waals surface area contributed by atoms with Crippen molar-refractivity contribution in [2.75, 3.05) is 6.61 Å². The quantitative estimate of drug-likeness (QED) is 0.275. The van der Waals surface area contributed by atoms with Gasteiger partial charge in [-0.15, -0.1) is 0 Å². The van der Waals surface area contributed by atoms with Gasteiger partial charge in [0, 0.05) is 39.2 Å². The van der Waals surface area contributed by atoms with E-state index >= 15 is 0 Å². The number of carbonyl (C=O) groups is 6. The summed E-state index contributed by atoms with van der Waals surface area (Å²) >= 11 is 0. The zero-order valence-electron chi connectivity index (χ0n) is 23.7. The monoisotopic (exact) mass is 588 g/mol. The lowest BCUT2D eigenvalue weighted by atomic mass is 9.66. The molecule has 0 amide bonds. The van der Waals surface area contributed by atoms with Crippen LogP contribution in [0, 0.1) is 11.8 Å². The summed E-state index contributed by atoms with van der Waals surface area (Å²) < 4.78 is 33.4. The van der Waals surface area contributed by atoms with Gasteiger partial charge in [0.25, 0.3) is 0 Å². The van der Waals surface area contributed by atoms with E-state index in [2.05, 4.69) is 0 Å². The fourth-order valence-electron chi connectivity index (χ4n) is 5.63. The van der Waals surface area contributed by atoms with Crippen molar-refractivity contribution in [1.29, 1.82) is 0 Å². The highest BCUT2D eigenvalue weighted by Gasteiger charge is 2.54. The number of ether oxygens (including phenoxy) is 6. The average molecular weight is 589 g/mol. The standard InChI is InChI=1S/C29H32O13/c1-12-9-18-22(19(34)10-12)24(35)17-7-6-8-20(23(17)25(18)36)41-29-28(40-16(5)33)27(39-15(4)32)26(38-14(3)31)21(42-29)11-37-13(2)30/h6-8,10,18-19,21-22,26-29,34H,9,11H2,1-5H3/t18-,19+,21+,22+,26+,27-,28+,29+/m1/s1. The molecular weight excluding hydrogens is 556 g/mol. The molecule has 0 aromatic heterocycles. The third-order valence-corrected chi connectivity index (χ3v) is 7.17. The molecule has 1 aromatic rings. The average Bonchev–Trinajstić information content (AvgIpc) is 2.88. The normalized spacial score (nSPS) is 30.2. The summed E-state index contributed by atoms with van der Waals surface area (Å²) in [5.74, 6) is -5.84. The van der Waals surface area contributed by atoms with Crippen molar-refractivity contribution in [2.45, 2.75) is 77.8 Å². The molecule has 0 spiro atoms. The van der Waals surface area contributed by atoms with Crippen molar-refractivity contribution in [1.82, 2.24) is 0 Å². The highest BCUT2D eigenvalue weighted by Crippen LogP contribution is 2.43. The van der Waals surface area contributed by atoms with E-state index in [9.17, 15) is 33.9 Å². The Morgan fingerprint density at radius 2 is 1.50 bits per heavy atom. The maximum Gasteiger partial charge on any atom is 0.303 e. The van der Waals surface area contributed by atoms with Gasteiger partial charge >= 0.3 is 23.9 Å². The molecule has 8 atom stereocenters. The number of benzene rings is 1. The van der Waals surface area contributed by atoms with Gasteiger partial charge in [-0.25, -0.2) is 0 Å². The minimum Gasteiger partial charge on any atom is -0.463 e. The van der Waals surface area contributed by atoms with Gasteiger partial charge in [0.2, 0.25) is 12.4 Å². The van der Waals surface area contributed by atoms with Crippen LogP contribution in [-0.4, -0.2) is 84.0 Å². The minimum atomic E-state index is -1.59. The molecule has 1 aromatic carbocycles. The van der Waals surface area contributed by atoms with Gasteiger partial charge in [-0.05, 0) is 19.4 Å². The molecule has 13 heteroatoms. The van der Waals surface area contributed by atoms with Crippen LogP contribution in [0.25, 0.3) is 0 Å². The molecule has 226 valence electrons. The summed E-state index contributed by atoms with van der Waals surface area (Å²) in [5.41, 5.74) is 0.751. The first-order valence-corrected chi connectivity index (χ1v) is 13.3. The molecule has 1 N–H and O–H groups in total. The van der Waals surface area contributed by atoms with Crippen LogP contribution in [0.2, 0.25) is 0 Å². The summed E-state index contributed by atoms with van der Waals surface area (Å²) in [6.45, 7) is 5.72. The lowest BCUT2D eigenvalue weighted by Gasteiger charge is -2.44. The lowest BCUT2D eigenvalue weighted by Crippen LogP contribution is -2.63. The summed E-state index contributed by atoms with van der Waals surface area (Å²) in [4.78, 5) is 75.0. The number of Topliss-reactive ketones (excluding diaryl/α,β-unsaturated/α-hetero) is 2. The van der Waals surface area contributed by atoms with Crippen molar-refractivity contribution in [3.8, 4) is 5.75 Å². The van der Waals surface area contributed by atoms with Crippen LogP contribution in [0.4, 0.5) is 0 Å². The number of hydrogen-bond donors (Lipinski definition) is 1. The van der Waals surface area contributed by atoms with Crippen molar-refractivity contribution in [3.63, 3.8) is 0 Å². The van der Waals surface area contributed by atoms with Gasteiger partial charge in [0.15, 0.2) is 23.8 Å². The van der Waals surface area contributed by atoms with E-state index in [1.54, 1.807) is 13.0 Å². The van der Waals surface area contributed by atoms with Crippen LogP contribution in [0.1, 0.15) is 61.8 Å². The van der Waals surface area contributed by atoms with Gasteiger partial charge < -0.3 is 33.5 Å². The van der Waals surface area contributed by atoms with E-state index in [4.69, 9.17) is 28.4 Å². The molecule has 3 aliphatic rings. The summed E-state index contributed by atoms with van der Waals surface area (Å²) in [6.07, 6.45) is -6.53. The maximum absolute atomic E-state index is 13.8. The van der Waals surface area contributed by atoms with E-state index in [1.165, 1.54) is 18.2 Å². The first kappa shape index (κ1) is 30.8. The second-order valence-electron chi connectivity index (χ2n) is 10.4. The molecule has 0 radical (unpaired) electrons. The summed E-state index contributed by atoms with van der Waals surface area (Å²) in [7, 11) is 0. The first-order valence-electron chi connectivity index (χ1n) is 13.3. The Hall–Kier alpha value is -4.10. The molecule has 1 saturated heterocycles. The molecule has 0 unspecified atom stereocenters. The van der Waals surface area contributed by atoms with Crippen LogP contribution in [0.15, 0.2) is 29.8 Å². The Morgan fingerprint density at radius 1 is 0.881 bits per heavy atom. The van der Waals surface area contributed by atoms with E-state index in [0.29, 0.717) is 0 Å². The van der Waals surface area contributed by atoms with E-state index < -0.39 is 90.7 Å². The number of allylic oxidation sites excluding steroid dienone is 1. The molecule has 1 fully saturated rings. The van der Waals surface area contributed by atoms with Gasteiger partial charge in [0.1, 0.15) is 18.5 Å². The number of aliphatic hydroxyl groups is 1. The number of rotatable bonds is 7. The molecule has 1 heterocycles. The number of carbonyl (C=O) groups excluding carboxylic acids is 6. The fourth-order valence-corrected chi connectivity index (χ4v) is 5.63. The smallest absolute Gasteiger partial charge is 0.303 e. The van der Waals surface area contributed by atoms with Gasteiger partial charge in [-0.2, -0.15) is 0 Å². The van der Waals surface area contributed by atoms with Crippen molar-refractivity contribution in [3.05, 3.63) is 41.0 Å². The number of aliphatic hydroxyl groups excluding tert-OH is 1. The molecular formula is C29H32O13. The molecule has 42 heavy (non-hydrogen) atoms. The van der Waals surface area contributed by atoms with Crippen LogP contribution >= 0.6 is 0 Å². The van der Waals surface area contributed by atoms with Gasteiger partial charge in [-0.1, -0.05) is 23.8 Å². The van der Waals surface area contributed by atoms with Crippen molar-refractivity contribution >= 4 is 35.4 Å². The third-order valence-electron chi connectivity index (χ3n) is 7.17. The van der Waals surface area contributed by atoms with Crippen LogP contribution in [-0.2, 0) is 42.9 Å². The maximum atomic E-state index is 13.8.